The highest BCUT2D eigenvalue weighted by Gasteiger charge is 2.31. The van der Waals surface area contributed by atoms with Gasteiger partial charge < -0.3 is 4.74 Å². The van der Waals surface area contributed by atoms with E-state index in [0.29, 0.717) is 17.3 Å². The molecule has 2 aromatic rings. The number of aromatic amines is 1. The van der Waals surface area contributed by atoms with Gasteiger partial charge in [0.25, 0.3) is 0 Å². The Hall–Kier alpha value is -1.05. The predicted octanol–water partition coefficient (Wildman–Crippen LogP) is 3.15. The van der Waals surface area contributed by atoms with Crippen LogP contribution in [0.2, 0.25) is 0 Å². The van der Waals surface area contributed by atoms with Gasteiger partial charge in [-0.1, -0.05) is 0 Å². The SMILES string of the molecule is CCn1c(-c2sc(CCOC)nc2C2CC2)n[nH]c1=S. The van der Waals surface area contributed by atoms with Crippen LogP contribution in [0.4, 0.5) is 0 Å². The summed E-state index contributed by atoms with van der Waals surface area (Å²) in [5.41, 5.74) is 1.20. The summed E-state index contributed by atoms with van der Waals surface area (Å²) in [7, 11) is 1.72. The Morgan fingerprint density at radius 2 is 2.30 bits per heavy atom. The number of methoxy groups -OCH3 is 1. The zero-order valence-corrected chi connectivity index (χ0v) is 13.3. The molecular formula is C13H18N4OS2. The summed E-state index contributed by atoms with van der Waals surface area (Å²) in [4.78, 5) is 5.98. The maximum Gasteiger partial charge on any atom is 0.195 e. The lowest BCUT2D eigenvalue weighted by Crippen LogP contribution is -1.98. The molecule has 0 aromatic carbocycles. The van der Waals surface area contributed by atoms with Crippen LogP contribution >= 0.6 is 23.6 Å². The molecule has 108 valence electrons. The monoisotopic (exact) mass is 310 g/mol. The van der Waals surface area contributed by atoms with Gasteiger partial charge in [0.05, 0.1) is 22.2 Å². The van der Waals surface area contributed by atoms with Crippen LogP contribution in [0.1, 0.15) is 36.4 Å². The fraction of sp³-hybridized carbons (Fsp3) is 0.615. The molecule has 0 bridgehead atoms. The number of hydrogen-bond donors (Lipinski definition) is 1. The third-order valence-electron chi connectivity index (χ3n) is 3.46. The first-order valence-electron chi connectivity index (χ1n) is 6.88. The second kappa shape index (κ2) is 5.75. The first-order valence-corrected chi connectivity index (χ1v) is 8.11. The van der Waals surface area contributed by atoms with Crippen molar-refractivity contribution in [1.82, 2.24) is 19.7 Å². The fourth-order valence-corrected chi connectivity index (χ4v) is 3.64. The molecule has 0 aliphatic heterocycles. The Balaban J connectivity index is 2.02. The molecule has 0 unspecified atom stereocenters. The summed E-state index contributed by atoms with van der Waals surface area (Å²) in [5.74, 6) is 1.54. The van der Waals surface area contributed by atoms with Gasteiger partial charge >= 0.3 is 0 Å². The molecule has 0 atom stereocenters. The lowest BCUT2D eigenvalue weighted by atomic mass is 10.2. The summed E-state index contributed by atoms with van der Waals surface area (Å²) in [5, 5.41) is 8.43. The molecule has 1 saturated carbocycles. The van der Waals surface area contributed by atoms with E-state index in [-0.39, 0.29) is 0 Å². The molecule has 5 nitrogen and oxygen atoms in total. The molecule has 1 N–H and O–H groups in total. The van der Waals surface area contributed by atoms with Crippen molar-refractivity contribution >= 4 is 23.6 Å². The van der Waals surface area contributed by atoms with Crippen molar-refractivity contribution in [3.8, 4) is 10.7 Å². The summed E-state index contributed by atoms with van der Waals surface area (Å²) < 4.78 is 7.86. The maximum atomic E-state index is 5.28. The van der Waals surface area contributed by atoms with E-state index in [1.54, 1.807) is 18.4 Å². The Kier molecular flexibility index (Phi) is 4.00. The molecule has 0 spiro atoms. The van der Waals surface area contributed by atoms with Gasteiger partial charge in [-0.25, -0.2) is 4.98 Å². The molecule has 0 amide bonds. The van der Waals surface area contributed by atoms with Crippen LogP contribution in [0, 0.1) is 4.77 Å². The summed E-state index contributed by atoms with van der Waals surface area (Å²) in [6.07, 6.45) is 3.33. The minimum absolute atomic E-state index is 0.605. The van der Waals surface area contributed by atoms with Crippen LogP contribution in [0.5, 0.6) is 0 Å². The van der Waals surface area contributed by atoms with Crippen molar-refractivity contribution < 1.29 is 4.74 Å². The number of thiazole rings is 1. The van der Waals surface area contributed by atoms with E-state index in [1.165, 1.54) is 23.4 Å². The molecule has 7 heteroatoms. The first kappa shape index (κ1) is 13.9. The van der Waals surface area contributed by atoms with Crippen molar-refractivity contribution in [3.63, 3.8) is 0 Å². The van der Waals surface area contributed by atoms with Gasteiger partial charge in [-0.05, 0) is 32.0 Å². The van der Waals surface area contributed by atoms with Crippen molar-refractivity contribution in [2.24, 2.45) is 0 Å². The number of ether oxygens (including phenoxy) is 1. The second-order valence-corrected chi connectivity index (χ2v) is 6.41. The number of hydrogen-bond acceptors (Lipinski definition) is 5. The highest BCUT2D eigenvalue weighted by Crippen LogP contribution is 2.45. The van der Waals surface area contributed by atoms with E-state index < -0.39 is 0 Å². The van der Waals surface area contributed by atoms with E-state index in [1.807, 2.05) is 4.57 Å². The van der Waals surface area contributed by atoms with Gasteiger partial charge in [-0.2, -0.15) is 5.10 Å². The van der Waals surface area contributed by atoms with Crippen LogP contribution in [0.3, 0.4) is 0 Å². The summed E-state index contributed by atoms with van der Waals surface area (Å²) in [6.45, 7) is 3.61. The van der Waals surface area contributed by atoms with Gasteiger partial charge in [0.2, 0.25) is 0 Å². The van der Waals surface area contributed by atoms with E-state index >= 15 is 0 Å². The number of rotatable bonds is 6. The molecule has 1 fully saturated rings. The minimum atomic E-state index is 0.605. The van der Waals surface area contributed by atoms with Crippen molar-refractivity contribution in [1.29, 1.82) is 0 Å². The summed E-state index contributed by atoms with van der Waals surface area (Å²) in [6, 6.07) is 0. The largest absolute Gasteiger partial charge is 0.384 e. The Labute approximate surface area is 127 Å². The average molecular weight is 310 g/mol. The van der Waals surface area contributed by atoms with Crippen molar-refractivity contribution in [2.45, 2.75) is 38.6 Å². The van der Waals surface area contributed by atoms with E-state index in [2.05, 4.69) is 17.1 Å². The van der Waals surface area contributed by atoms with E-state index in [9.17, 15) is 0 Å². The highest BCUT2D eigenvalue weighted by molar-refractivity contribution is 7.71. The molecule has 3 rings (SSSR count). The zero-order chi connectivity index (χ0) is 14.1. The highest BCUT2D eigenvalue weighted by atomic mass is 32.1. The van der Waals surface area contributed by atoms with Crippen LogP contribution in [0.25, 0.3) is 10.7 Å². The smallest absolute Gasteiger partial charge is 0.195 e. The number of H-pyrrole nitrogens is 1. The number of aromatic nitrogens is 4. The van der Waals surface area contributed by atoms with Gasteiger partial charge in [0.15, 0.2) is 10.6 Å². The lowest BCUT2D eigenvalue weighted by Gasteiger charge is -2.02. The third kappa shape index (κ3) is 2.57. The maximum absolute atomic E-state index is 5.28. The van der Waals surface area contributed by atoms with Crippen LogP contribution in [-0.2, 0) is 17.7 Å². The molecule has 0 saturated heterocycles. The Bertz CT molecular complexity index is 654. The van der Waals surface area contributed by atoms with Crippen LogP contribution < -0.4 is 0 Å². The Morgan fingerprint density at radius 3 is 2.95 bits per heavy atom. The van der Waals surface area contributed by atoms with Gasteiger partial charge in [-0.3, -0.25) is 9.67 Å². The average Bonchev–Trinajstić information content (AvgIpc) is 3.10. The standard InChI is InChI=1S/C13H18N4OS2/c1-3-17-12(15-16-13(17)19)11-10(8-4-5-8)14-9(20-11)6-7-18-2/h8H,3-7H2,1-2H3,(H,16,19). The fourth-order valence-electron chi connectivity index (χ4n) is 2.25. The normalized spacial score (nSPS) is 14.9. The van der Waals surface area contributed by atoms with Gasteiger partial charge in [-0.15, -0.1) is 11.3 Å². The Morgan fingerprint density at radius 1 is 1.50 bits per heavy atom. The van der Waals surface area contributed by atoms with Crippen molar-refractivity contribution in [2.75, 3.05) is 13.7 Å². The van der Waals surface area contributed by atoms with Gasteiger partial charge in [0, 0.05) is 26.0 Å². The molecule has 2 aromatic heterocycles. The quantitative estimate of drug-likeness (QED) is 0.833. The number of nitrogens with one attached hydrogen (secondary N) is 1. The molecule has 20 heavy (non-hydrogen) atoms. The molecule has 0 radical (unpaired) electrons. The van der Waals surface area contributed by atoms with Crippen LogP contribution in [-0.4, -0.2) is 33.5 Å². The molecule has 1 aliphatic rings. The second-order valence-electron chi connectivity index (χ2n) is 4.94. The van der Waals surface area contributed by atoms with E-state index in [4.69, 9.17) is 21.9 Å². The summed E-state index contributed by atoms with van der Waals surface area (Å²) >= 11 is 7.01. The lowest BCUT2D eigenvalue weighted by molar-refractivity contribution is 0.202. The third-order valence-corrected chi connectivity index (χ3v) is 4.90. The number of nitrogens with zero attached hydrogens (tertiary/aromatic N) is 3. The van der Waals surface area contributed by atoms with Crippen LogP contribution in [0.15, 0.2) is 0 Å². The molecule has 1 aliphatic carbocycles. The molecule has 2 heterocycles. The predicted molar refractivity (Wildman–Crippen MR) is 81.7 cm³/mol. The van der Waals surface area contributed by atoms with Crippen molar-refractivity contribution in [3.05, 3.63) is 15.5 Å². The first-order chi connectivity index (χ1) is 9.74. The van der Waals surface area contributed by atoms with E-state index in [0.717, 1.165) is 23.8 Å². The zero-order valence-electron chi connectivity index (χ0n) is 11.7. The molecular weight excluding hydrogens is 292 g/mol. The van der Waals surface area contributed by atoms with Gasteiger partial charge in [0.1, 0.15) is 0 Å². The topological polar surface area (TPSA) is 55.7 Å². The minimum Gasteiger partial charge on any atom is -0.384 e.